The van der Waals surface area contributed by atoms with Crippen molar-refractivity contribution in [3.8, 4) is 0 Å². The van der Waals surface area contributed by atoms with E-state index in [1.165, 1.54) is 0 Å². The average Bonchev–Trinajstić information content (AvgIpc) is 2.15. The van der Waals surface area contributed by atoms with Gasteiger partial charge in [-0.05, 0) is 27.7 Å². The molecule has 14 heavy (non-hydrogen) atoms. The normalized spacial score (nSPS) is 12.8. The molecule has 0 radical (unpaired) electrons. The van der Waals surface area contributed by atoms with Crippen molar-refractivity contribution in [2.45, 2.75) is 33.2 Å². The van der Waals surface area contributed by atoms with Crippen LogP contribution in [0.5, 0.6) is 0 Å². The highest BCUT2D eigenvalue weighted by Crippen LogP contribution is 2.21. The molecule has 0 unspecified atom stereocenters. The predicted molar refractivity (Wildman–Crippen MR) is 56.8 cm³/mol. The van der Waals surface area contributed by atoms with Gasteiger partial charge in [-0.1, -0.05) is 0 Å². The largest absolute Gasteiger partial charge is 0.394 e. The number of carbonyl (C=O) groups is 1. The number of hydrogen-bond acceptors (Lipinski definition) is 3. The molecular weight excluding hydrogens is 180 g/mol. The predicted octanol–water partition coefficient (Wildman–Crippen LogP) is 0.201. The highest BCUT2D eigenvalue weighted by molar-refractivity contribution is 5.82. The van der Waals surface area contributed by atoms with Gasteiger partial charge in [0.25, 0.3) is 0 Å². The summed E-state index contributed by atoms with van der Waals surface area (Å²) in [4.78, 5) is 13.5. The molecule has 0 atom stereocenters. The van der Waals surface area contributed by atoms with E-state index in [-0.39, 0.29) is 12.5 Å². The maximum Gasteiger partial charge on any atom is 0.229 e. The number of aliphatic hydroxyl groups excluding tert-OH is 1. The molecule has 0 aromatic rings. The highest BCUT2D eigenvalue weighted by Gasteiger charge is 2.35. The zero-order chi connectivity index (χ0) is 11.6. The summed E-state index contributed by atoms with van der Waals surface area (Å²) in [6.45, 7) is 7.49. The molecular formula is C10H22N2O2. The van der Waals surface area contributed by atoms with Crippen molar-refractivity contribution in [3.63, 3.8) is 0 Å². The first kappa shape index (κ1) is 13.4. The third-order valence-electron chi connectivity index (χ3n) is 2.69. The molecule has 0 saturated heterocycles. The van der Waals surface area contributed by atoms with Crippen molar-refractivity contribution in [3.05, 3.63) is 0 Å². The number of nitrogens with zero attached hydrogens (tertiary/aromatic N) is 1. The average molecular weight is 202 g/mol. The molecule has 3 N–H and O–H groups in total. The van der Waals surface area contributed by atoms with Gasteiger partial charge in [0.05, 0.1) is 17.6 Å². The van der Waals surface area contributed by atoms with Gasteiger partial charge in [0, 0.05) is 13.6 Å². The Kier molecular flexibility index (Phi) is 4.09. The maximum absolute atomic E-state index is 11.9. The first-order valence-corrected chi connectivity index (χ1v) is 4.78. The fraction of sp³-hybridized carbons (Fsp3) is 0.900. The lowest BCUT2D eigenvalue weighted by Gasteiger charge is -2.38. The molecule has 0 aliphatic rings. The third kappa shape index (κ3) is 2.69. The van der Waals surface area contributed by atoms with E-state index in [0.717, 1.165) is 0 Å². The summed E-state index contributed by atoms with van der Waals surface area (Å²) in [5.41, 5.74) is 4.41. The lowest BCUT2D eigenvalue weighted by Crippen LogP contribution is -2.53. The molecule has 1 amide bonds. The molecule has 4 nitrogen and oxygen atoms in total. The molecule has 84 valence electrons. The zero-order valence-electron chi connectivity index (χ0n) is 9.79. The summed E-state index contributed by atoms with van der Waals surface area (Å²) in [7, 11) is 1.69. The first-order chi connectivity index (χ1) is 6.19. The Morgan fingerprint density at radius 1 is 1.36 bits per heavy atom. The van der Waals surface area contributed by atoms with Crippen molar-refractivity contribution in [2.75, 3.05) is 20.2 Å². The second-order valence-electron chi connectivity index (χ2n) is 4.92. The minimum Gasteiger partial charge on any atom is -0.394 e. The lowest BCUT2D eigenvalue weighted by atomic mass is 9.90. The van der Waals surface area contributed by atoms with Crippen LogP contribution in [0.15, 0.2) is 0 Å². The SMILES string of the molecule is CN(C(=O)C(C)(C)CN)C(C)(C)CO. The summed E-state index contributed by atoms with van der Waals surface area (Å²) in [5.74, 6) is -0.0425. The van der Waals surface area contributed by atoms with Crippen LogP contribution < -0.4 is 5.73 Å². The minimum atomic E-state index is -0.568. The van der Waals surface area contributed by atoms with Crippen LogP contribution in [-0.4, -0.2) is 41.7 Å². The Labute approximate surface area is 86.1 Å². The van der Waals surface area contributed by atoms with Crippen molar-refractivity contribution >= 4 is 5.91 Å². The van der Waals surface area contributed by atoms with Crippen molar-refractivity contribution in [1.29, 1.82) is 0 Å². The summed E-state index contributed by atoms with van der Waals surface area (Å²) < 4.78 is 0. The molecule has 0 spiro atoms. The number of nitrogens with two attached hydrogens (primary N) is 1. The summed E-state index contributed by atoms with van der Waals surface area (Å²) in [6, 6.07) is 0. The Bertz CT molecular complexity index is 212. The molecule has 4 heteroatoms. The van der Waals surface area contributed by atoms with Gasteiger partial charge in [0.1, 0.15) is 0 Å². The smallest absolute Gasteiger partial charge is 0.229 e. The van der Waals surface area contributed by atoms with Gasteiger partial charge in [-0.15, -0.1) is 0 Å². The molecule has 0 fully saturated rings. The standard InChI is InChI=1S/C10H22N2O2/c1-9(2,6-11)8(14)12(5)10(3,4)7-13/h13H,6-7,11H2,1-5H3. The van der Waals surface area contributed by atoms with E-state index in [1.54, 1.807) is 25.8 Å². The number of rotatable bonds is 4. The summed E-state index contributed by atoms with van der Waals surface area (Å²) in [5, 5.41) is 9.13. The first-order valence-electron chi connectivity index (χ1n) is 4.78. The van der Waals surface area contributed by atoms with Crippen LogP contribution in [0.1, 0.15) is 27.7 Å². The highest BCUT2D eigenvalue weighted by atomic mass is 16.3. The van der Waals surface area contributed by atoms with Crippen molar-refractivity contribution in [1.82, 2.24) is 4.90 Å². The van der Waals surface area contributed by atoms with Gasteiger partial charge >= 0.3 is 0 Å². The summed E-state index contributed by atoms with van der Waals surface area (Å²) in [6.07, 6.45) is 0. The van der Waals surface area contributed by atoms with Crippen LogP contribution in [0.3, 0.4) is 0 Å². The van der Waals surface area contributed by atoms with Gasteiger partial charge in [0.2, 0.25) is 5.91 Å². The van der Waals surface area contributed by atoms with Crippen LogP contribution in [0.4, 0.5) is 0 Å². The molecule has 0 aliphatic heterocycles. The second-order valence-corrected chi connectivity index (χ2v) is 4.92. The number of amides is 1. The molecule has 0 rings (SSSR count). The fourth-order valence-corrected chi connectivity index (χ4v) is 0.922. The topological polar surface area (TPSA) is 66.6 Å². The van der Waals surface area contributed by atoms with Crippen LogP contribution >= 0.6 is 0 Å². The second kappa shape index (κ2) is 4.28. The van der Waals surface area contributed by atoms with E-state index in [1.807, 2.05) is 13.8 Å². The number of carbonyl (C=O) groups excluding carboxylic acids is 1. The monoisotopic (exact) mass is 202 g/mol. The van der Waals surface area contributed by atoms with Crippen LogP contribution in [0.25, 0.3) is 0 Å². The fourth-order valence-electron chi connectivity index (χ4n) is 0.922. The van der Waals surface area contributed by atoms with Crippen LogP contribution in [0, 0.1) is 5.41 Å². The van der Waals surface area contributed by atoms with E-state index in [0.29, 0.717) is 6.54 Å². The Morgan fingerprint density at radius 2 is 1.79 bits per heavy atom. The minimum absolute atomic E-state index is 0.0425. The molecule has 0 saturated carbocycles. The Morgan fingerprint density at radius 3 is 2.07 bits per heavy atom. The molecule has 0 aromatic carbocycles. The van der Waals surface area contributed by atoms with E-state index < -0.39 is 11.0 Å². The van der Waals surface area contributed by atoms with Gasteiger partial charge in [-0.3, -0.25) is 4.79 Å². The van der Waals surface area contributed by atoms with Gasteiger partial charge in [-0.25, -0.2) is 0 Å². The molecule has 0 aromatic heterocycles. The van der Waals surface area contributed by atoms with E-state index >= 15 is 0 Å². The van der Waals surface area contributed by atoms with Crippen molar-refractivity contribution in [2.24, 2.45) is 11.1 Å². The zero-order valence-corrected chi connectivity index (χ0v) is 9.79. The van der Waals surface area contributed by atoms with Crippen LogP contribution in [-0.2, 0) is 4.79 Å². The van der Waals surface area contributed by atoms with E-state index in [9.17, 15) is 4.79 Å². The summed E-state index contributed by atoms with van der Waals surface area (Å²) >= 11 is 0. The number of likely N-dealkylation sites (N-methyl/N-ethyl adjacent to an activating group) is 1. The third-order valence-corrected chi connectivity index (χ3v) is 2.69. The van der Waals surface area contributed by atoms with Crippen molar-refractivity contribution < 1.29 is 9.90 Å². The lowest BCUT2D eigenvalue weighted by molar-refractivity contribution is -0.144. The Balaban J connectivity index is 4.71. The molecule has 0 bridgehead atoms. The van der Waals surface area contributed by atoms with Gasteiger partial charge in [-0.2, -0.15) is 0 Å². The van der Waals surface area contributed by atoms with Gasteiger partial charge in [0.15, 0.2) is 0 Å². The van der Waals surface area contributed by atoms with E-state index in [4.69, 9.17) is 10.8 Å². The number of hydrogen-bond donors (Lipinski definition) is 2. The van der Waals surface area contributed by atoms with Crippen LogP contribution in [0.2, 0.25) is 0 Å². The quantitative estimate of drug-likeness (QED) is 0.684. The van der Waals surface area contributed by atoms with Gasteiger partial charge < -0.3 is 15.7 Å². The number of aliphatic hydroxyl groups is 1. The molecule has 0 heterocycles. The molecule has 0 aliphatic carbocycles. The Hall–Kier alpha value is -0.610. The maximum atomic E-state index is 11.9. The van der Waals surface area contributed by atoms with E-state index in [2.05, 4.69) is 0 Å².